The number of hydrogen-bond donors (Lipinski definition) is 0. The summed E-state index contributed by atoms with van der Waals surface area (Å²) in [6.07, 6.45) is -1.81. The van der Waals surface area contributed by atoms with E-state index in [0.29, 0.717) is 32.0 Å². The van der Waals surface area contributed by atoms with Crippen LogP contribution in [0.1, 0.15) is 45.4 Å². The summed E-state index contributed by atoms with van der Waals surface area (Å²) in [4.78, 5) is 3.77. The van der Waals surface area contributed by atoms with Gasteiger partial charge in [0.25, 0.3) is 0 Å². The Balaban J connectivity index is 1.54. The number of nitrogens with zero attached hydrogens (tertiary/aromatic N) is 2. The predicted molar refractivity (Wildman–Crippen MR) is 73.0 cm³/mol. The fourth-order valence-electron chi connectivity index (χ4n) is 4.57. The van der Waals surface area contributed by atoms with Crippen molar-refractivity contribution in [3.8, 4) is 0 Å². The first kappa shape index (κ1) is 16.4. The summed E-state index contributed by atoms with van der Waals surface area (Å²) in [6, 6.07) is 0.501. The molecule has 0 N–H and O–H groups in total. The quantitative estimate of drug-likeness (QED) is 0.564. The minimum absolute atomic E-state index is 0.0284. The van der Waals surface area contributed by atoms with Gasteiger partial charge in [0.15, 0.2) is 0 Å². The SMILES string of the molecule is CC1N(C2CCC(F)(F)CC2)C12CCN(CC(F)(F)F)CC2. The Kier molecular flexibility index (Phi) is 3.95. The molecule has 1 saturated carbocycles. The number of piperidine rings is 1. The highest BCUT2D eigenvalue weighted by atomic mass is 19.4. The van der Waals surface area contributed by atoms with Crippen LogP contribution in [0.3, 0.4) is 0 Å². The highest BCUT2D eigenvalue weighted by Gasteiger charge is 2.63. The predicted octanol–water partition coefficient (Wildman–Crippen LogP) is 3.67. The van der Waals surface area contributed by atoms with Crippen LogP contribution in [0.25, 0.3) is 0 Å². The number of halogens is 5. The normalized spacial score (nSPS) is 35.7. The minimum atomic E-state index is -4.14. The molecule has 1 aliphatic carbocycles. The number of rotatable bonds is 2. The highest BCUT2D eigenvalue weighted by molar-refractivity contribution is 5.19. The summed E-state index contributed by atoms with van der Waals surface area (Å²) in [5.41, 5.74) is -0.0284. The lowest BCUT2D eigenvalue weighted by Gasteiger charge is -2.36. The molecule has 0 aromatic rings. The first-order valence-corrected chi connectivity index (χ1v) is 8.08. The average Bonchev–Trinajstić information content (AvgIpc) is 2.96. The molecule has 0 aromatic carbocycles. The van der Waals surface area contributed by atoms with E-state index < -0.39 is 18.6 Å². The molecule has 0 radical (unpaired) electrons. The Morgan fingerprint density at radius 1 is 1.00 bits per heavy atom. The molecule has 2 unspecified atom stereocenters. The standard InChI is InChI=1S/C15H23F5N2/c1-11-13(6-8-21(9-7-13)10-15(18,19)20)22(11)12-2-4-14(16,17)5-3-12/h11-12H,2-10H2,1H3. The van der Waals surface area contributed by atoms with E-state index in [9.17, 15) is 22.0 Å². The second kappa shape index (κ2) is 5.30. The van der Waals surface area contributed by atoms with Crippen LogP contribution < -0.4 is 0 Å². The van der Waals surface area contributed by atoms with Crippen molar-refractivity contribution < 1.29 is 22.0 Å². The van der Waals surface area contributed by atoms with E-state index in [4.69, 9.17) is 0 Å². The Morgan fingerprint density at radius 2 is 1.55 bits per heavy atom. The zero-order chi connectivity index (χ0) is 16.2. The van der Waals surface area contributed by atoms with Crippen molar-refractivity contribution in [2.24, 2.45) is 0 Å². The maximum atomic E-state index is 13.3. The van der Waals surface area contributed by atoms with E-state index >= 15 is 0 Å². The van der Waals surface area contributed by atoms with Crippen molar-refractivity contribution in [1.29, 1.82) is 0 Å². The number of alkyl halides is 5. The van der Waals surface area contributed by atoms with Gasteiger partial charge in [0.05, 0.1) is 6.54 Å². The Bertz CT molecular complexity index is 405. The second-order valence-electron chi connectivity index (χ2n) is 7.17. The van der Waals surface area contributed by atoms with E-state index in [0.717, 1.165) is 12.8 Å². The molecule has 1 spiro atoms. The highest BCUT2D eigenvalue weighted by Crippen LogP contribution is 2.53. The van der Waals surface area contributed by atoms with Gasteiger partial charge in [0.1, 0.15) is 0 Å². The van der Waals surface area contributed by atoms with E-state index in [-0.39, 0.29) is 24.4 Å². The fraction of sp³-hybridized carbons (Fsp3) is 1.00. The molecule has 0 aromatic heterocycles. The monoisotopic (exact) mass is 326 g/mol. The van der Waals surface area contributed by atoms with Crippen LogP contribution in [0.5, 0.6) is 0 Å². The van der Waals surface area contributed by atoms with Crippen molar-refractivity contribution in [2.75, 3.05) is 19.6 Å². The molecule has 3 rings (SSSR count). The summed E-state index contributed by atoms with van der Waals surface area (Å²) in [7, 11) is 0. The van der Waals surface area contributed by atoms with Crippen LogP contribution in [0.15, 0.2) is 0 Å². The summed E-state index contributed by atoms with van der Waals surface area (Å²) < 4.78 is 63.9. The molecule has 2 heterocycles. The van der Waals surface area contributed by atoms with Crippen molar-refractivity contribution in [1.82, 2.24) is 9.80 Å². The number of likely N-dealkylation sites (tertiary alicyclic amines) is 1. The fourth-order valence-corrected chi connectivity index (χ4v) is 4.57. The van der Waals surface area contributed by atoms with Gasteiger partial charge in [-0.25, -0.2) is 8.78 Å². The van der Waals surface area contributed by atoms with Gasteiger partial charge in [-0.15, -0.1) is 0 Å². The van der Waals surface area contributed by atoms with Crippen LogP contribution in [-0.4, -0.2) is 59.2 Å². The summed E-state index contributed by atoms with van der Waals surface area (Å²) >= 11 is 0. The third-order valence-corrected chi connectivity index (χ3v) is 5.85. The third-order valence-electron chi connectivity index (χ3n) is 5.85. The summed E-state index contributed by atoms with van der Waals surface area (Å²) in [5.74, 6) is -2.53. The van der Waals surface area contributed by atoms with Gasteiger partial charge >= 0.3 is 6.18 Å². The zero-order valence-electron chi connectivity index (χ0n) is 12.8. The van der Waals surface area contributed by atoms with Gasteiger partial charge in [-0.1, -0.05) is 0 Å². The van der Waals surface area contributed by atoms with Gasteiger partial charge in [-0.05, 0) is 32.6 Å². The maximum Gasteiger partial charge on any atom is 0.401 e. The topological polar surface area (TPSA) is 6.25 Å². The molecule has 22 heavy (non-hydrogen) atoms. The Hall–Kier alpha value is -0.430. The first-order valence-electron chi connectivity index (χ1n) is 8.08. The molecule has 2 atom stereocenters. The molecule has 3 fully saturated rings. The van der Waals surface area contributed by atoms with Crippen molar-refractivity contribution >= 4 is 0 Å². The Labute approximate surface area is 127 Å². The molecule has 3 aliphatic rings. The molecule has 2 saturated heterocycles. The molecule has 7 heteroatoms. The molecular formula is C15H23F5N2. The van der Waals surface area contributed by atoms with Gasteiger partial charge in [0.2, 0.25) is 5.92 Å². The van der Waals surface area contributed by atoms with E-state index in [1.54, 1.807) is 0 Å². The van der Waals surface area contributed by atoms with Crippen molar-refractivity contribution in [3.05, 3.63) is 0 Å². The van der Waals surface area contributed by atoms with Crippen LogP contribution >= 0.6 is 0 Å². The van der Waals surface area contributed by atoms with Crippen molar-refractivity contribution in [2.45, 2.75) is 75.2 Å². The van der Waals surface area contributed by atoms with Crippen molar-refractivity contribution in [3.63, 3.8) is 0 Å². The first-order chi connectivity index (χ1) is 10.1. The van der Waals surface area contributed by atoms with Crippen LogP contribution in [0.2, 0.25) is 0 Å². The van der Waals surface area contributed by atoms with Gasteiger partial charge in [-0.3, -0.25) is 9.80 Å². The third kappa shape index (κ3) is 3.11. The largest absolute Gasteiger partial charge is 0.401 e. The van der Waals surface area contributed by atoms with E-state index in [2.05, 4.69) is 11.8 Å². The smallest absolute Gasteiger partial charge is 0.295 e. The second-order valence-corrected chi connectivity index (χ2v) is 7.17. The lowest BCUT2D eigenvalue weighted by atomic mass is 9.90. The molecule has 2 nitrogen and oxygen atoms in total. The number of hydrogen-bond acceptors (Lipinski definition) is 2. The lowest BCUT2D eigenvalue weighted by molar-refractivity contribution is -0.148. The zero-order valence-corrected chi connectivity index (χ0v) is 12.8. The summed E-state index contributed by atoms with van der Waals surface area (Å²) in [5, 5.41) is 0. The molecule has 2 aliphatic heterocycles. The van der Waals surface area contributed by atoms with E-state index in [1.165, 1.54) is 4.90 Å². The minimum Gasteiger partial charge on any atom is -0.295 e. The molecule has 128 valence electrons. The summed E-state index contributed by atoms with van der Waals surface area (Å²) in [6.45, 7) is 2.14. The molecule has 0 bridgehead atoms. The van der Waals surface area contributed by atoms with Crippen LogP contribution in [0, 0.1) is 0 Å². The van der Waals surface area contributed by atoms with Gasteiger partial charge in [-0.2, -0.15) is 13.2 Å². The van der Waals surface area contributed by atoms with Gasteiger partial charge < -0.3 is 0 Å². The average molecular weight is 326 g/mol. The molecule has 0 amide bonds. The van der Waals surface area contributed by atoms with Crippen LogP contribution in [0.4, 0.5) is 22.0 Å². The lowest BCUT2D eigenvalue weighted by Crippen LogP contribution is -2.45. The van der Waals surface area contributed by atoms with E-state index in [1.807, 2.05) is 0 Å². The molecular weight excluding hydrogens is 303 g/mol. The van der Waals surface area contributed by atoms with Gasteiger partial charge in [0, 0.05) is 43.6 Å². The van der Waals surface area contributed by atoms with Crippen LogP contribution in [-0.2, 0) is 0 Å². The Morgan fingerprint density at radius 3 is 2.05 bits per heavy atom. The maximum absolute atomic E-state index is 13.3.